The van der Waals surface area contributed by atoms with E-state index in [1.807, 2.05) is 54.3 Å². The molecular formula is C35H45N5O6. The van der Waals surface area contributed by atoms with Gasteiger partial charge in [0.25, 0.3) is 5.91 Å². The van der Waals surface area contributed by atoms with Crippen molar-refractivity contribution < 1.29 is 28.5 Å². The van der Waals surface area contributed by atoms with Crippen LogP contribution < -0.4 is 19.5 Å². The summed E-state index contributed by atoms with van der Waals surface area (Å²) >= 11 is 0. The number of methoxy groups -OCH3 is 4. The van der Waals surface area contributed by atoms with Crippen LogP contribution in [0.15, 0.2) is 24.3 Å². The molecule has 1 aliphatic carbocycles. The van der Waals surface area contributed by atoms with E-state index in [0.717, 1.165) is 39.6 Å². The molecule has 1 fully saturated rings. The van der Waals surface area contributed by atoms with Gasteiger partial charge in [0.2, 0.25) is 5.95 Å². The normalized spacial score (nSPS) is 13.5. The molecule has 0 unspecified atom stereocenters. The number of aromatic nitrogens is 4. The van der Waals surface area contributed by atoms with E-state index < -0.39 is 0 Å². The summed E-state index contributed by atoms with van der Waals surface area (Å²) in [4.78, 5) is 30.9. The molecule has 1 amide bonds. The van der Waals surface area contributed by atoms with Crippen LogP contribution in [0.3, 0.4) is 0 Å². The number of anilines is 1. The number of nitrogens with one attached hydrogen (secondary N) is 1. The predicted molar refractivity (Wildman–Crippen MR) is 177 cm³/mol. The molecule has 0 saturated heterocycles. The van der Waals surface area contributed by atoms with Crippen LogP contribution in [0.1, 0.15) is 72.1 Å². The van der Waals surface area contributed by atoms with Crippen LogP contribution in [0.25, 0.3) is 22.3 Å². The molecule has 4 aromatic rings. The number of carbonyl (C=O) groups excluding carboxylic acids is 2. The molecule has 0 bridgehead atoms. The Morgan fingerprint density at radius 2 is 1.59 bits per heavy atom. The third-order valence-corrected chi connectivity index (χ3v) is 9.29. The van der Waals surface area contributed by atoms with Crippen LogP contribution in [0.5, 0.6) is 17.2 Å². The van der Waals surface area contributed by atoms with E-state index in [9.17, 15) is 9.59 Å². The molecule has 11 nitrogen and oxygen atoms in total. The van der Waals surface area contributed by atoms with Crippen molar-refractivity contribution in [2.75, 3.05) is 33.8 Å². The third-order valence-electron chi connectivity index (χ3n) is 9.29. The lowest BCUT2D eigenvalue weighted by molar-refractivity contribution is -0.140. The summed E-state index contributed by atoms with van der Waals surface area (Å²) in [5, 5.41) is 8.64. The molecule has 0 spiro atoms. The van der Waals surface area contributed by atoms with Crippen LogP contribution in [0.4, 0.5) is 5.95 Å². The highest BCUT2D eigenvalue weighted by atomic mass is 16.5. The Bertz CT molecular complexity index is 1730. The lowest BCUT2D eigenvalue weighted by atomic mass is 9.87. The van der Waals surface area contributed by atoms with E-state index in [2.05, 4.69) is 5.32 Å². The number of carbonyl (C=O) groups is 2. The van der Waals surface area contributed by atoms with Crippen molar-refractivity contribution >= 4 is 28.7 Å². The van der Waals surface area contributed by atoms with Gasteiger partial charge in [0.15, 0.2) is 5.82 Å². The average molecular weight is 632 g/mol. The molecule has 0 aliphatic heterocycles. The minimum atomic E-state index is -0.387. The van der Waals surface area contributed by atoms with Crippen molar-refractivity contribution in [1.82, 2.24) is 19.3 Å². The molecule has 2 heterocycles. The maximum atomic E-state index is 14.0. The van der Waals surface area contributed by atoms with Gasteiger partial charge in [-0.1, -0.05) is 32.1 Å². The first kappa shape index (κ1) is 32.8. The second-order valence-electron chi connectivity index (χ2n) is 12.0. The maximum absolute atomic E-state index is 14.0. The number of amides is 1. The van der Waals surface area contributed by atoms with Gasteiger partial charge in [-0.25, -0.2) is 4.68 Å². The summed E-state index contributed by atoms with van der Waals surface area (Å²) in [6, 6.07) is 7.58. The Kier molecular flexibility index (Phi) is 10.2. The molecule has 5 rings (SSSR count). The minimum absolute atomic E-state index is 0.100. The monoisotopic (exact) mass is 631 g/mol. The summed E-state index contributed by atoms with van der Waals surface area (Å²) in [5.74, 6) is 2.71. The van der Waals surface area contributed by atoms with Gasteiger partial charge in [-0.15, -0.1) is 5.10 Å². The molecule has 2 aromatic heterocycles. The van der Waals surface area contributed by atoms with E-state index in [1.165, 1.54) is 39.2 Å². The molecule has 246 valence electrons. The molecule has 46 heavy (non-hydrogen) atoms. The van der Waals surface area contributed by atoms with Gasteiger partial charge in [-0.3, -0.25) is 14.9 Å². The van der Waals surface area contributed by atoms with Gasteiger partial charge < -0.3 is 23.5 Å². The highest BCUT2D eigenvalue weighted by molar-refractivity contribution is 6.06. The van der Waals surface area contributed by atoms with Crippen molar-refractivity contribution in [3.8, 4) is 28.6 Å². The number of fused-ring (bicyclic) bond motifs is 1. The SMILES string of the molecule is COC(=O)CCn1c(C(=O)Nc2nc(-c3cc(OC)c(C)cc3OC)n(CCC3CCCCC3)n2)cc2c(C)c(C)c(OC)cc21. The second kappa shape index (κ2) is 14.3. The summed E-state index contributed by atoms with van der Waals surface area (Å²) in [6.07, 6.45) is 7.32. The molecule has 0 radical (unpaired) electrons. The van der Waals surface area contributed by atoms with E-state index >= 15 is 0 Å². The average Bonchev–Trinajstić information content (AvgIpc) is 3.65. The highest BCUT2D eigenvalue weighted by Crippen LogP contribution is 2.37. The van der Waals surface area contributed by atoms with Gasteiger partial charge in [-0.2, -0.15) is 4.98 Å². The van der Waals surface area contributed by atoms with Gasteiger partial charge in [-0.05, 0) is 68.0 Å². The quantitative estimate of drug-likeness (QED) is 0.173. The number of ether oxygens (including phenoxy) is 4. The van der Waals surface area contributed by atoms with Crippen molar-refractivity contribution in [1.29, 1.82) is 0 Å². The van der Waals surface area contributed by atoms with Crippen molar-refractivity contribution in [3.63, 3.8) is 0 Å². The highest BCUT2D eigenvalue weighted by Gasteiger charge is 2.24. The lowest BCUT2D eigenvalue weighted by Gasteiger charge is -2.21. The van der Waals surface area contributed by atoms with E-state index in [4.69, 9.17) is 29.0 Å². The lowest BCUT2D eigenvalue weighted by Crippen LogP contribution is -2.19. The van der Waals surface area contributed by atoms with E-state index in [-0.39, 0.29) is 30.8 Å². The summed E-state index contributed by atoms with van der Waals surface area (Å²) in [5.41, 5.74) is 4.81. The Morgan fingerprint density at radius 3 is 2.26 bits per heavy atom. The zero-order valence-corrected chi connectivity index (χ0v) is 28.0. The number of rotatable bonds is 12. The Hall–Kier alpha value is -4.54. The molecule has 1 N–H and O–H groups in total. The zero-order chi connectivity index (χ0) is 33.0. The zero-order valence-electron chi connectivity index (χ0n) is 28.0. The topological polar surface area (TPSA) is 119 Å². The second-order valence-corrected chi connectivity index (χ2v) is 12.0. The first-order valence-electron chi connectivity index (χ1n) is 15.9. The first-order chi connectivity index (χ1) is 22.2. The first-order valence-corrected chi connectivity index (χ1v) is 15.9. The Balaban J connectivity index is 1.54. The van der Waals surface area contributed by atoms with Crippen LogP contribution in [0.2, 0.25) is 0 Å². The number of aryl methyl sites for hydroxylation is 4. The summed E-state index contributed by atoms with van der Waals surface area (Å²) < 4.78 is 25.6. The van der Waals surface area contributed by atoms with E-state index in [0.29, 0.717) is 41.2 Å². The Labute approximate surface area is 270 Å². The number of hydrogen-bond donors (Lipinski definition) is 1. The molecular weight excluding hydrogens is 586 g/mol. The third kappa shape index (κ3) is 6.68. The number of benzene rings is 2. The molecule has 1 aliphatic rings. The molecule has 1 saturated carbocycles. The van der Waals surface area contributed by atoms with Crippen LogP contribution in [-0.4, -0.2) is 59.6 Å². The summed E-state index contributed by atoms with van der Waals surface area (Å²) in [6.45, 7) is 6.85. The Morgan fingerprint density at radius 1 is 0.870 bits per heavy atom. The van der Waals surface area contributed by atoms with Crippen molar-refractivity contribution in [2.45, 2.75) is 78.8 Å². The van der Waals surface area contributed by atoms with Crippen LogP contribution in [0, 0.1) is 26.7 Å². The minimum Gasteiger partial charge on any atom is -0.496 e. The smallest absolute Gasteiger partial charge is 0.307 e. The van der Waals surface area contributed by atoms with Gasteiger partial charge >= 0.3 is 5.97 Å². The molecule has 11 heteroatoms. The standard InChI is InChI=1S/C35H45N5O6/c1-21-17-31(45-6)26(19-29(21)43-4)33-36-35(38-40(33)16-13-24-11-9-8-10-12-24)37-34(42)28-18-25-22(2)23(3)30(44-5)20-27(25)39(28)15-14-32(41)46-7/h17-20,24H,8-16H2,1-7H3,(H,37,38,42). The largest absolute Gasteiger partial charge is 0.496 e. The summed E-state index contributed by atoms with van der Waals surface area (Å²) in [7, 11) is 6.24. The van der Waals surface area contributed by atoms with E-state index in [1.54, 1.807) is 21.3 Å². The predicted octanol–water partition coefficient (Wildman–Crippen LogP) is 6.64. The fourth-order valence-corrected chi connectivity index (χ4v) is 6.51. The van der Waals surface area contributed by atoms with Crippen molar-refractivity contribution in [3.05, 3.63) is 46.6 Å². The number of nitrogens with zero attached hydrogens (tertiary/aromatic N) is 4. The van der Waals surface area contributed by atoms with Crippen LogP contribution in [-0.2, 0) is 22.6 Å². The molecule has 0 atom stereocenters. The fourth-order valence-electron chi connectivity index (χ4n) is 6.51. The fraction of sp³-hybridized carbons (Fsp3) is 0.486. The van der Waals surface area contributed by atoms with Crippen molar-refractivity contribution in [2.24, 2.45) is 5.92 Å². The van der Waals surface area contributed by atoms with Gasteiger partial charge in [0.05, 0.1) is 45.9 Å². The number of esters is 1. The maximum Gasteiger partial charge on any atom is 0.307 e. The molecule has 2 aromatic carbocycles. The van der Waals surface area contributed by atoms with Crippen LogP contribution >= 0.6 is 0 Å². The van der Waals surface area contributed by atoms with Gasteiger partial charge in [0, 0.05) is 24.5 Å². The van der Waals surface area contributed by atoms with Gasteiger partial charge in [0.1, 0.15) is 22.9 Å². The number of hydrogen-bond acceptors (Lipinski definition) is 8.